The molecule has 0 atom stereocenters. The molecular weight excluding hydrogens is 268 g/mol. The molecule has 1 aliphatic rings. The largest absolute Gasteiger partial charge is 0.462 e. The molecule has 1 aromatic carbocycles. The van der Waals surface area contributed by atoms with E-state index in [-0.39, 0.29) is 5.97 Å². The number of nitrogen functional groups attached to an aromatic ring is 1. The number of rotatable bonds is 7. The van der Waals surface area contributed by atoms with Crippen LogP contribution in [0.15, 0.2) is 18.2 Å². The maximum atomic E-state index is 11.9. The molecule has 1 aromatic rings. The first-order valence-corrected chi connectivity index (χ1v) is 7.63. The molecule has 0 unspecified atom stereocenters. The van der Waals surface area contributed by atoms with Gasteiger partial charge in [-0.15, -0.1) is 0 Å². The van der Waals surface area contributed by atoms with Crippen molar-refractivity contribution in [2.75, 3.05) is 30.8 Å². The summed E-state index contributed by atoms with van der Waals surface area (Å²) >= 11 is 0. The van der Waals surface area contributed by atoms with Crippen LogP contribution in [0.1, 0.15) is 43.0 Å². The van der Waals surface area contributed by atoms with Gasteiger partial charge in [0.05, 0.1) is 36.3 Å². The quantitative estimate of drug-likeness (QED) is 0.459. The summed E-state index contributed by atoms with van der Waals surface area (Å²) in [5, 5.41) is 3.19. The van der Waals surface area contributed by atoms with Gasteiger partial charge in [-0.2, -0.15) is 0 Å². The van der Waals surface area contributed by atoms with E-state index in [9.17, 15) is 4.79 Å². The molecule has 0 amide bonds. The van der Waals surface area contributed by atoms with E-state index in [1.165, 1.54) is 12.8 Å². The van der Waals surface area contributed by atoms with Crippen LogP contribution in [0.3, 0.4) is 0 Å². The number of nitrogens with one attached hydrogen (secondary N) is 1. The molecule has 116 valence electrons. The van der Waals surface area contributed by atoms with E-state index in [0.717, 1.165) is 12.8 Å². The summed E-state index contributed by atoms with van der Waals surface area (Å²) in [6.45, 7) is 3.36. The van der Waals surface area contributed by atoms with Gasteiger partial charge in [0.1, 0.15) is 0 Å². The highest BCUT2D eigenvalue weighted by atomic mass is 16.5. The molecule has 2 rings (SSSR count). The lowest BCUT2D eigenvalue weighted by molar-refractivity contribution is 0.0526. The lowest BCUT2D eigenvalue weighted by Crippen LogP contribution is -2.18. The Bertz CT molecular complexity index is 471. The predicted octanol–water partition coefficient (Wildman–Crippen LogP) is 2.82. The molecule has 0 aromatic heterocycles. The molecule has 1 fully saturated rings. The van der Waals surface area contributed by atoms with Crippen molar-refractivity contribution >= 4 is 17.3 Å². The summed E-state index contributed by atoms with van der Waals surface area (Å²) in [5.74, 6) is -0.357. The van der Waals surface area contributed by atoms with Gasteiger partial charge in [0.25, 0.3) is 0 Å². The van der Waals surface area contributed by atoms with Gasteiger partial charge >= 0.3 is 5.97 Å². The topological polar surface area (TPSA) is 73.6 Å². The average molecular weight is 292 g/mol. The molecule has 1 saturated carbocycles. The summed E-state index contributed by atoms with van der Waals surface area (Å²) in [4.78, 5) is 11.9. The van der Waals surface area contributed by atoms with Gasteiger partial charge in [-0.3, -0.25) is 0 Å². The van der Waals surface area contributed by atoms with Gasteiger partial charge in [-0.25, -0.2) is 4.79 Å². The van der Waals surface area contributed by atoms with Gasteiger partial charge in [-0.05, 0) is 31.9 Å². The Kier molecular flexibility index (Phi) is 5.87. The third kappa shape index (κ3) is 4.36. The molecule has 5 heteroatoms. The molecule has 0 bridgehead atoms. The molecule has 21 heavy (non-hydrogen) atoms. The molecular formula is C16H24N2O3. The van der Waals surface area contributed by atoms with Crippen LogP contribution < -0.4 is 11.1 Å². The maximum absolute atomic E-state index is 11.9. The summed E-state index contributed by atoms with van der Waals surface area (Å²) in [6.07, 6.45) is 5.22. The SMILES string of the molecule is CCOC(=O)c1cccc(N)c1NCCOC1CCCC1. The van der Waals surface area contributed by atoms with Crippen molar-refractivity contribution in [3.63, 3.8) is 0 Å². The molecule has 0 heterocycles. The Morgan fingerprint density at radius 2 is 2.14 bits per heavy atom. The number of carbonyl (C=O) groups is 1. The van der Waals surface area contributed by atoms with Crippen molar-refractivity contribution in [3.05, 3.63) is 23.8 Å². The van der Waals surface area contributed by atoms with Gasteiger partial charge in [-0.1, -0.05) is 18.9 Å². The zero-order valence-electron chi connectivity index (χ0n) is 12.6. The fourth-order valence-corrected chi connectivity index (χ4v) is 2.60. The van der Waals surface area contributed by atoms with Crippen LogP contribution in [-0.4, -0.2) is 31.8 Å². The smallest absolute Gasteiger partial charge is 0.340 e. The van der Waals surface area contributed by atoms with Crippen LogP contribution in [-0.2, 0) is 9.47 Å². The molecule has 0 spiro atoms. The number of para-hydroxylation sites is 1. The van der Waals surface area contributed by atoms with Crippen molar-refractivity contribution in [2.24, 2.45) is 0 Å². The number of hydrogen-bond donors (Lipinski definition) is 2. The minimum atomic E-state index is -0.357. The Hall–Kier alpha value is -1.75. The highest BCUT2D eigenvalue weighted by Crippen LogP contribution is 2.24. The first-order chi connectivity index (χ1) is 10.2. The second-order valence-corrected chi connectivity index (χ2v) is 5.19. The Balaban J connectivity index is 1.90. The first-order valence-electron chi connectivity index (χ1n) is 7.63. The standard InChI is InChI=1S/C16H24N2O3/c1-2-20-16(19)13-8-5-9-14(17)15(13)18-10-11-21-12-6-3-4-7-12/h5,8-9,12,18H,2-4,6-7,10-11,17H2,1H3. The van der Waals surface area contributed by atoms with E-state index < -0.39 is 0 Å². The van der Waals surface area contributed by atoms with Crippen molar-refractivity contribution < 1.29 is 14.3 Å². The van der Waals surface area contributed by atoms with Crippen LogP contribution in [0.4, 0.5) is 11.4 Å². The van der Waals surface area contributed by atoms with E-state index >= 15 is 0 Å². The number of benzene rings is 1. The highest BCUT2D eigenvalue weighted by molar-refractivity contribution is 5.98. The first kappa shape index (κ1) is 15.6. The van der Waals surface area contributed by atoms with Crippen molar-refractivity contribution in [1.29, 1.82) is 0 Å². The Labute approximate surface area is 125 Å². The van der Waals surface area contributed by atoms with Crippen LogP contribution in [0.5, 0.6) is 0 Å². The minimum absolute atomic E-state index is 0.345. The molecule has 3 N–H and O–H groups in total. The van der Waals surface area contributed by atoms with Crippen molar-refractivity contribution in [1.82, 2.24) is 0 Å². The van der Waals surface area contributed by atoms with Gasteiger partial charge in [0.15, 0.2) is 0 Å². The summed E-state index contributed by atoms with van der Waals surface area (Å²) in [6, 6.07) is 5.24. The van der Waals surface area contributed by atoms with Crippen LogP contribution in [0.2, 0.25) is 0 Å². The third-order valence-corrected chi connectivity index (χ3v) is 3.65. The lowest BCUT2D eigenvalue weighted by atomic mass is 10.1. The molecule has 0 radical (unpaired) electrons. The maximum Gasteiger partial charge on any atom is 0.340 e. The molecule has 0 saturated heterocycles. The van der Waals surface area contributed by atoms with Gasteiger partial charge in [0, 0.05) is 6.54 Å². The summed E-state index contributed by atoms with van der Waals surface area (Å²) < 4.78 is 10.8. The normalized spacial score (nSPS) is 15.1. The molecule has 1 aliphatic carbocycles. The van der Waals surface area contributed by atoms with E-state index in [1.807, 2.05) is 0 Å². The number of hydrogen-bond acceptors (Lipinski definition) is 5. The predicted molar refractivity (Wildman–Crippen MR) is 83.5 cm³/mol. The van der Waals surface area contributed by atoms with E-state index in [1.54, 1.807) is 25.1 Å². The number of ether oxygens (including phenoxy) is 2. The van der Waals surface area contributed by atoms with Gasteiger partial charge < -0.3 is 20.5 Å². The van der Waals surface area contributed by atoms with E-state index in [0.29, 0.717) is 42.8 Å². The second-order valence-electron chi connectivity index (χ2n) is 5.19. The lowest BCUT2D eigenvalue weighted by Gasteiger charge is -2.15. The molecule has 5 nitrogen and oxygen atoms in total. The molecule has 0 aliphatic heterocycles. The highest BCUT2D eigenvalue weighted by Gasteiger charge is 2.16. The number of anilines is 2. The van der Waals surface area contributed by atoms with Crippen LogP contribution >= 0.6 is 0 Å². The zero-order chi connectivity index (χ0) is 15.1. The van der Waals surface area contributed by atoms with Gasteiger partial charge in [0.2, 0.25) is 0 Å². The van der Waals surface area contributed by atoms with Crippen LogP contribution in [0.25, 0.3) is 0 Å². The third-order valence-electron chi connectivity index (χ3n) is 3.65. The Morgan fingerprint density at radius 1 is 1.38 bits per heavy atom. The fourth-order valence-electron chi connectivity index (χ4n) is 2.60. The fraction of sp³-hybridized carbons (Fsp3) is 0.562. The van der Waals surface area contributed by atoms with E-state index in [2.05, 4.69) is 5.32 Å². The Morgan fingerprint density at radius 3 is 2.86 bits per heavy atom. The zero-order valence-corrected chi connectivity index (χ0v) is 12.6. The summed E-state index contributed by atoms with van der Waals surface area (Å²) in [7, 11) is 0. The second kappa shape index (κ2) is 7.88. The van der Waals surface area contributed by atoms with Crippen molar-refractivity contribution in [3.8, 4) is 0 Å². The minimum Gasteiger partial charge on any atom is -0.462 e. The monoisotopic (exact) mass is 292 g/mol. The summed E-state index contributed by atoms with van der Waals surface area (Å²) in [5.41, 5.74) is 7.59. The van der Waals surface area contributed by atoms with Crippen LogP contribution in [0, 0.1) is 0 Å². The number of carbonyl (C=O) groups excluding carboxylic acids is 1. The van der Waals surface area contributed by atoms with E-state index in [4.69, 9.17) is 15.2 Å². The average Bonchev–Trinajstić information content (AvgIpc) is 2.98. The van der Waals surface area contributed by atoms with Crippen molar-refractivity contribution in [2.45, 2.75) is 38.7 Å². The number of nitrogens with two attached hydrogens (primary N) is 1. The number of esters is 1.